The van der Waals surface area contributed by atoms with Crippen LogP contribution in [0, 0.1) is 6.92 Å². The molecule has 1 aromatic rings. The van der Waals surface area contributed by atoms with Gasteiger partial charge in [-0.25, -0.2) is 0 Å². The fourth-order valence-electron chi connectivity index (χ4n) is 3.08. The van der Waals surface area contributed by atoms with Gasteiger partial charge >= 0.3 is 0 Å². The Balaban J connectivity index is 2.38. The highest BCUT2D eigenvalue weighted by atomic mass is 14.9. The number of rotatable bonds is 6. The van der Waals surface area contributed by atoms with Crippen molar-refractivity contribution in [2.24, 2.45) is 4.99 Å². The molecule has 1 atom stereocenters. The van der Waals surface area contributed by atoms with Gasteiger partial charge in [-0.2, -0.15) is 0 Å². The van der Waals surface area contributed by atoms with E-state index in [-0.39, 0.29) is 0 Å². The highest BCUT2D eigenvalue weighted by molar-refractivity contribution is 6.03. The SMILES string of the molecule is C=CCN=C(C)c1cc(N[C@@H]2CCC(=C)C2)c(C)cc1C(=C)C. The first kappa shape index (κ1) is 17.3. The normalized spacial score (nSPS) is 18.1. The molecule has 1 aliphatic carbocycles. The van der Waals surface area contributed by atoms with Crippen molar-refractivity contribution in [2.45, 2.75) is 46.1 Å². The van der Waals surface area contributed by atoms with Gasteiger partial charge in [-0.1, -0.05) is 30.4 Å². The lowest BCUT2D eigenvalue weighted by Gasteiger charge is -2.19. The van der Waals surface area contributed by atoms with Crippen molar-refractivity contribution < 1.29 is 0 Å². The number of nitrogens with zero attached hydrogens (tertiary/aromatic N) is 1. The van der Waals surface area contributed by atoms with Crippen LogP contribution in [0.4, 0.5) is 5.69 Å². The molecule has 1 fully saturated rings. The van der Waals surface area contributed by atoms with Crippen molar-refractivity contribution in [3.8, 4) is 0 Å². The fourth-order valence-corrected chi connectivity index (χ4v) is 3.08. The molecule has 0 bridgehead atoms. The van der Waals surface area contributed by atoms with E-state index in [1.54, 1.807) is 0 Å². The van der Waals surface area contributed by atoms with Crippen LogP contribution in [0.25, 0.3) is 5.57 Å². The van der Waals surface area contributed by atoms with Crippen LogP contribution in [0.15, 0.2) is 48.5 Å². The Morgan fingerprint density at radius 2 is 2.09 bits per heavy atom. The summed E-state index contributed by atoms with van der Waals surface area (Å²) in [5.74, 6) is 0. The minimum Gasteiger partial charge on any atom is -0.382 e. The lowest BCUT2D eigenvalue weighted by atomic mass is 9.95. The second kappa shape index (κ2) is 7.45. The zero-order valence-corrected chi connectivity index (χ0v) is 14.7. The standard InChI is InChI=1S/C21H28N2/c1-7-10-22-17(6)20-13-21(16(5)12-19(20)14(2)3)23-18-9-8-15(4)11-18/h7,12-13,18,23H,1-2,4,8-11H2,3,5-6H3/t18-/m1/s1. The largest absolute Gasteiger partial charge is 0.382 e. The maximum Gasteiger partial charge on any atom is 0.0571 e. The number of hydrogen-bond donors (Lipinski definition) is 1. The van der Waals surface area contributed by atoms with E-state index in [4.69, 9.17) is 0 Å². The van der Waals surface area contributed by atoms with Crippen LogP contribution in [0.2, 0.25) is 0 Å². The lowest BCUT2D eigenvalue weighted by molar-refractivity contribution is 0.761. The monoisotopic (exact) mass is 308 g/mol. The molecule has 0 amide bonds. The van der Waals surface area contributed by atoms with Crippen molar-refractivity contribution >= 4 is 17.0 Å². The third-order valence-electron chi connectivity index (χ3n) is 4.41. The second-order valence-electron chi connectivity index (χ2n) is 6.54. The van der Waals surface area contributed by atoms with Gasteiger partial charge in [-0.05, 0) is 63.3 Å². The van der Waals surface area contributed by atoms with Gasteiger partial charge in [0.05, 0.1) is 6.54 Å². The van der Waals surface area contributed by atoms with Crippen molar-refractivity contribution in [1.29, 1.82) is 0 Å². The van der Waals surface area contributed by atoms with Crippen LogP contribution in [-0.2, 0) is 0 Å². The van der Waals surface area contributed by atoms with E-state index in [9.17, 15) is 0 Å². The molecule has 0 aromatic heterocycles. The second-order valence-corrected chi connectivity index (χ2v) is 6.54. The van der Waals surface area contributed by atoms with Gasteiger partial charge in [0.1, 0.15) is 0 Å². The Morgan fingerprint density at radius 1 is 1.35 bits per heavy atom. The molecule has 2 heteroatoms. The third-order valence-corrected chi connectivity index (χ3v) is 4.41. The average Bonchev–Trinajstić information content (AvgIpc) is 2.91. The Morgan fingerprint density at radius 3 is 2.65 bits per heavy atom. The van der Waals surface area contributed by atoms with E-state index < -0.39 is 0 Å². The summed E-state index contributed by atoms with van der Waals surface area (Å²) >= 11 is 0. The highest BCUT2D eigenvalue weighted by Crippen LogP contribution is 2.30. The summed E-state index contributed by atoms with van der Waals surface area (Å²) in [4.78, 5) is 4.59. The van der Waals surface area contributed by atoms with E-state index in [1.807, 2.05) is 13.0 Å². The molecule has 1 aromatic carbocycles. The quantitative estimate of drug-likeness (QED) is 0.541. The number of benzene rings is 1. The number of aliphatic imine (C=N–C) groups is 1. The molecule has 0 saturated heterocycles. The van der Waals surface area contributed by atoms with E-state index in [0.29, 0.717) is 12.6 Å². The van der Waals surface area contributed by atoms with Gasteiger partial charge in [0.25, 0.3) is 0 Å². The zero-order chi connectivity index (χ0) is 17.0. The number of anilines is 1. The topological polar surface area (TPSA) is 24.4 Å². The van der Waals surface area contributed by atoms with Crippen molar-refractivity contribution in [2.75, 3.05) is 11.9 Å². The predicted octanol–water partition coefficient (Wildman–Crippen LogP) is 5.54. The lowest BCUT2D eigenvalue weighted by Crippen LogP contribution is -2.16. The molecular weight excluding hydrogens is 280 g/mol. The highest BCUT2D eigenvalue weighted by Gasteiger charge is 2.19. The molecule has 2 rings (SSSR count). The Labute approximate surface area is 140 Å². The van der Waals surface area contributed by atoms with E-state index in [1.165, 1.54) is 28.8 Å². The van der Waals surface area contributed by atoms with Crippen molar-refractivity contribution in [3.63, 3.8) is 0 Å². The van der Waals surface area contributed by atoms with Crippen LogP contribution in [-0.4, -0.2) is 18.3 Å². The van der Waals surface area contributed by atoms with E-state index in [0.717, 1.165) is 29.7 Å². The first-order valence-corrected chi connectivity index (χ1v) is 8.28. The van der Waals surface area contributed by atoms with Crippen LogP contribution in [0.5, 0.6) is 0 Å². The molecule has 23 heavy (non-hydrogen) atoms. The van der Waals surface area contributed by atoms with Crippen LogP contribution < -0.4 is 5.32 Å². The molecular formula is C21H28N2. The summed E-state index contributed by atoms with van der Waals surface area (Å²) < 4.78 is 0. The number of nitrogens with one attached hydrogen (secondary N) is 1. The first-order valence-electron chi connectivity index (χ1n) is 8.28. The minimum absolute atomic E-state index is 0.496. The maximum atomic E-state index is 4.59. The van der Waals surface area contributed by atoms with Crippen LogP contribution in [0.3, 0.4) is 0 Å². The molecule has 1 N–H and O–H groups in total. The molecule has 0 spiro atoms. The number of allylic oxidation sites excluding steroid dienone is 1. The summed E-state index contributed by atoms with van der Waals surface area (Å²) in [5, 5.41) is 3.69. The van der Waals surface area contributed by atoms with Crippen molar-refractivity contribution in [1.82, 2.24) is 0 Å². The summed E-state index contributed by atoms with van der Waals surface area (Å²) in [7, 11) is 0. The molecule has 1 saturated carbocycles. The van der Waals surface area contributed by atoms with E-state index in [2.05, 4.69) is 56.0 Å². The predicted molar refractivity (Wildman–Crippen MR) is 104 cm³/mol. The van der Waals surface area contributed by atoms with Gasteiger partial charge in [-0.15, -0.1) is 6.58 Å². The fraction of sp³-hybridized carbons (Fsp3) is 0.381. The van der Waals surface area contributed by atoms with Crippen LogP contribution >= 0.6 is 0 Å². The van der Waals surface area contributed by atoms with Gasteiger partial charge in [0.15, 0.2) is 0 Å². The Hall–Kier alpha value is -2.09. The van der Waals surface area contributed by atoms with Gasteiger partial charge < -0.3 is 5.32 Å². The summed E-state index contributed by atoms with van der Waals surface area (Å²) in [5.41, 5.74) is 8.22. The zero-order valence-electron chi connectivity index (χ0n) is 14.7. The number of aryl methyl sites for hydroxylation is 1. The summed E-state index contributed by atoms with van der Waals surface area (Å²) in [6, 6.07) is 4.94. The smallest absolute Gasteiger partial charge is 0.0571 e. The maximum absolute atomic E-state index is 4.59. The van der Waals surface area contributed by atoms with Crippen LogP contribution in [0.1, 0.15) is 49.8 Å². The third kappa shape index (κ3) is 4.22. The van der Waals surface area contributed by atoms with E-state index >= 15 is 0 Å². The molecule has 0 unspecified atom stereocenters. The van der Waals surface area contributed by atoms with Gasteiger partial charge in [0, 0.05) is 23.0 Å². The summed E-state index contributed by atoms with van der Waals surface area (Å²) in [6.07, 6.45) is 5.19. The van der Waals surface area contributed by atoms with Gasteiger partial charge in [0.2, 0.25) is 0 Å². The molecule has 122 valence electrons. The van der Waals surface area contributed by atoms with Crippen molar-refractivity contribution in [3.05, 3.63) is 60.2 Å². The number of hydrogen-bond acceptors (Lipinski definition) is 2. The molecule has 2 nitrogen and oxygen atoms in total. The minimum atomic E-state index is 0.496. The molecule has 0 radical (unpaired) electrons. The summed E-state index contributed by atoms with van der Waals surface area (Å²) in [6.45, 7) is 18.9. The molecule has 0 heterocycles. The van der Waals surface area contributed by atoms with Gasteiger partial charge in [-0.3, -0.25) is 4.99 Å². The molecule has 1 aliphatic rings. The molecule has 0 aliphatic heterocycles. The Bertz CT molecular complexity index is 665. The Kier molecular flexibility index (Phi) is 5.59. The average molecular weight is 308 g/mol. The first-order chi connectivity index (χ1) is 10.9.